The van der Waals surface area contributed by atoms with Gasteiger partial charge in [0.2, 0.25) is 0 Å². The second-order valence-corrected chi connectivity index (χ2v) is 6.18. The average molecular weight is 394 g/mol. The minimum absolute atomic E-state index is 0.353. The van der Waals surface area contributed by atoms with Gasteiger partial charge in [-0.25, -0.2) is 5.43 Å². The number of nitrogens with zero attached hydrogens (tertiary/aromatic N) is 1. The van der Waals surface area contributed by atoms with Crippen LogP contribution in [0.1, 0.15) is 24.1 Å². The smallest absolute Gasteiger partial charge is 0.329 e. The first kappa shape index (κ1) is 19.8. The summed E-state index contributed by atoms with van der Waals surface area (Å²) in [6.45, 7) is 1.77. The van der Waals surface area contributed by atoms with Crippen molar-refractivity contribution >= 4 is 41.2 Å². The van der Waals surface area contributed by atoms with Gasteiger partial charge in [0, 0.05) is 10.6 Å². The summed E-state index contributed by atoms with van der Waals surface area (Å²) in [7, 11) is 1.57. The Labute approximate surface area is 161 Å². The highest BCUT2D eigenvalue weighted by atomic mass is 35.5. The molecule has 0 spiro atoms. The van der Waals surface area contributed by atoms with Crippen molar-refractivity contribution in [1.82, 2.24) is 10.7 Å². The van der Waals surface area contributed by atoms with Gasteiger partial charge in [-0.1, -0.05) is 41.4 Å². The quantitative estimate of drug-likeness (QED) is 0.464. The number of halogens is 2. The number of hydrogen-bond acceptors (Lipinski definition) is 4. The van der Waals surface area contributed by atoms with Gasteiger partial charge >= 0.3 is 11.8 Å². The van der Waals surface area contributed by atoms with E-state index in [-0.39, 0.29) is 6.04 Å². The van der Waals surface area contributed by atoms with E-state index in [2.05, 4.69) is 15.8 Å². The zero-order valence-electron chi connectivity index (χ0n) is 14.1. The largest absolute Gasteiger partial charge is 0.497 e. The summed E-state index contributed by atoms with van der Waals surface area (Å²) >= 11 is 11.8. The van der Waals surface area contributed by atoms with E-state index in [1.807, 2.05) is 12.1 Å². The maximum absolute atomic E-state index is 11.9. The summed E-state index contributed by atoms with van der Waals surface area (Å²) < 4.78 is 5.08. The Hall–Kier alpha value is -2.57. The predicted molar refractivity (Wildman–Crippen MR) is 102 cm³/mol. The highest BCUT2D eigenvalue weighted by Gasteiger charge is 2.16. The van der Waals surface area contributed by atoms with Crippen LogP contribution in [-0.4, -0.2) is 25.1 Å². The summed E-state index contributed by atoms with van der Waals surface area (Å²) in [6, 6.07) is 11.6. The van der Waals surface area contributed by atoms with Gasteiger partial charge in [0.15, 0.2) is 0 Å². The van der Waals surface area contributed by atoms with E-state index in [0.29, 0.717) is 21.4 Å². The molecule has 2 aromatic carbocycles. The fraction of sp³-hybridized carbons (Fsp3) is 0.167. The maximum atomic E-state index is 11.9. The van der Waals surface area contributed by atoms with Crippen LogP contribution in [0.15, 0.2) is 47.6 Å². The first-order valence-electron chi connectivity index (χ1n) is 7.63. The van der Waals surface area contributed by atoms with Crippen molar-refractivity contribution in [2.75, 3.05) is 7.11 Å². The van der Waals surface area contributed by atoms with Crippen LogP contribution in [0.5, 0.6) is 5.75 Å². The maximum Gasteiger partial charge on any atom is 0.329 e. The molecule has 0 unspecified atom stereocenters. The number of hydrogen-bond donors (Lipinski definition) is 2. The number of methoxy groups -OCH3 is 1. The zero-order valence-corrected chi connectivity index (χ0v) is 15.6. The normalized spacial score (nSPS) is 11.8. The van der Waals surface area contributed by atoms with Gasteiger partial charge in [-0.2, -0.15) is 5.10 Å². The second-order valence-electron chi connectivity index (χ2n) is 5.33. The molecule has 1 atom stereocenters. The summed E-state index contributed by atoms with van der Waals surface area (Å²) in [6.07, 6.45) is 1.33. The lowest BCUT2D eigenvalue weighted by Gasteiger charge is -2.13. The van der Waals surface area contributed by atoms with Crippen LogP contribution in [0.2, 0.25) is 10.0 Å². The van der Waals surface area contributed by atoms with E-state index in [1.165, 1.54) is 6.21 Å². The van der Waals surface area contributed by atoms with Crippen LogP contribution in [0.4, 0.5) is 0 Å². The lowest BCUT2D eigenvalue weighted by Crippen LogP contribution is -2.39. The van der Waals surface area contributed by atoms with E-state index in [9.17, 15) is 9.59 Å². The molecule has 0 saturated carbocycles. The van der Waals surface area contributed by atoms with Crippen molar-refractivity contribution in [3.05, 3.63) is 63.6 Å². The molecule has 0 aromatic heterocycles. The molecule has 0 fully saturated rings. The number of benzene rings is 2. The predicted octanol–water partition coefficient (Wildman–Crippen LogP) is 3.33. The Morgan fingerprint density at radius 2 is 1.81 bits per heavy atom. The third-order valence-corrected chi connectivity index (χ3v) is 4.06. The van der Waals surface area contributed by atoms with Gasteiger partial charge in [0.1, 0.15) is 5.75 Å². The lowest BCUT2D eigenvalue weighted by molar-refractivity contribution is -0.139. The molecule has 2 rings (SSSR count). The standard InChI is InChI=1S/C18H17Cl2N3O3/c1-11(12-4-7-15(26-2)8-5-12)22-17(24)18(25)23-21-10-13-3-6-14(19)9-16(13)20/h3-11H,1-2H3,(H,22,24)(H,23,25)/b21-10-/t11-/m1/s1. The highest BCUT2D eigenvalue weighted by Crippen LogP contribution is 2.19. The third-order valence-electron chi connectivity index (χ3n) is 3.50. The number of ether oxygens (including phenoxy) is 1. The Bertz CT molecular complexity index is 823. The first-order valence-corrected chi connectivity index (χ1v) is 8.39. The van der Waals surface area contributed by atoms with E-state index in [1.54, 1.807) is 44.4 Å². The molecule has 2 aromatic rings. The van der Waals surface area contributed by atoms with E-state index in [4.69, 9.17) is 27.9 Å². The molecule has 0 radical (unpaired) electrons. The van der Waals surface area contributed by atoms with Crippen molar-refractivity contribution < 1.29 is 14.3 Å². The van der Waals surface area contributed by atoms with Gasteiger partial charge in [-0.15, -0.1) is 0 Å². The molecule has 26 heavy (non-hydrogen) atoms. The number of nitrogens with one attached hydrogen (secondary N) is 2. The number of carbonyl (C=O) groups excluding carboxylic acids is 2. The fourth-order valence-corrected chi connectivity index (χ4v) is 2.51. The molecule has 6 nitrogen and oxygen atoms in total. The molecule has 136 valence electrons. The average Bonchev–Trinajstić information content (AvgIpc) is 2.63. The minimum atomic E-state index is -0.883. The number of rotatable bonds is 5. The van der Waals surface area contributed by atoms with Gasteiger partial charge in [-0.05, 0) is 36.8 Å². The molecule has 2 amide bonds. The van der Waals surface area contributed by atoms with E-state index < -0.39 is 11.8 Å². The molecule has 2 N–H and O–H groups in total. The summed E-state index contributed by atoms with van der Waals surface area (Å²) in [4.78, 5) is 23.8. The number of amides is 2. The van der Waals surface area contributed by atoms with Crippen LogP contribution in [0.3, 0.4) is 0 Å². The molecule has 8 heteroatoms. The van der Waals surface area contributed by atoms with Gasteiger partial charge < -0.3 is 10.1 Å². The van der Waals surface area contributed by atoms with Crippen LogP contribution in [-0.2, 0) is 9.59 Å². The molecule has 0 saturated heterocycles. The van der Waals surface area contributed by atoms with Gasteiger partial charge in [-0.3, -0.25) is 9.59 Å². The topological polar surface area (TPSA) is 79.8 Å². The Morgan fingerprint density at radius 3 is 2.42 bits per heavy atom. The molecule has 0 bridgehead atoms. The minimum Gasteiger partial charge on any atom is -0.497 e. The summed E-state index contributed by atoms with van der Waals surface area (Å²) in [5, 5.41) is 7.19. The molecule has 0 aliphatic carbocycles. The zero-order chi connectivity index (χ0) is 19.1. The number of hydrazone groups is 1. The fourth-order valence-electron chi connectivity index (χ4n) is 2.06. The van der Waals surface area contributed by atoms with Crippen molar-refractivity contribution in [3.8, 4) is 5.75 Å². The van der Waals surface area contributed by atoms with Crippen molar-refractivity contribution in [3.63, 3.8) is 0 Å². The van der Waals surface area contributed by atoms with E-state index in [0.717, 1.165) is 5.56 Å². The molecular formula is C18H17Cl2N3O3. The Balaban J connectivity index is 1.90. The van der Waals surface area contributed by atoms with Crippen molar-refractivity contribution in [2.24, 2.45) is 5.10 Å². The summed E-state index contributed by atoms with van der Waals surface area (Å²) in [5.41, 5.74) is 3.55. The van der Waals surface area contributed by atoms with Crippen LogP contribution in [0, 0.1) is 0 Å². The van der Waals surface area contributed by atoms with Crippen molar-refractivity contribution in [1.29, 1.82) is 0 Å². The van der Waals surface area contributed by atoms with Crippen molar-refractivity contribution in [2.45, 2.75) is 13.0 Å². The van der Waals surface area contributed by atoms with Gasteiger partial charge in [0.05, 0.1) is 24.4 Å². The third kappa shape index (κ3) is 5.47. The molecular weight excluding hydrogens is 377 g/mol. The van der Waals surface area contributed by atoms with Crippen LogP contribution in [0.25, 0.3) is 0 Å². The second kappa shape index (κ2) is 9.22. The lowest BCUT2D eigenvalue weighted by atomic mass is 10.1. The SMILES string of the molecule is COc1ccc([C@@H](C)NC(=O)C(=O)N/N=C\c2ccc(Cl)cc2Cl)cc1. The van der Waals surface area contributed by atoms with E-state index >= 15 is 0 Å². The number of carbonyl (C=O) groups is 2. The van der Waals surface area contributed by atoms with Gasteiger partial charge in [0.25, 0.3) is 0 Å². The highest BCUT2D eigenvalue weighted by molar-refractivity contribution is 6.36. The molecule has 0 aliphatic rings. The summed E-state index contributed by atoms with van der Waals surface area (Å²) in [5.74, 6) is -0.973. The van der Waals surface area contributed by atoms with Crippen LogP contribution < -0.4 is 15.5 Å². The molecule has 0 aliphatic heterocycles. The monoisotopic (exact) mass is 393 g/mol. The molecule has 0 heterocycles. The Morgan fingerprint density at radius 1 is 1.12 bits per heavy atom. The first-order chi connectivity index (χ1) is 12.4. The Kier molecular flexibility index (Phi) is 7.00. The van der Waals surface area contributed by atoms with Crippen LogP contribution >= 0.6 is 23.2 Å².